The summed E-state index contributed by atoms with van der Waals surface area (Å²) in [5, 5.41) is 0.654. The van der Waals surface area contributed by atoms with Gasteiger partial charge in [0.2, 0.25) is 0 Å². The molecule has 30 heavy (non-hydrogen) atoms. The number of carbonyl (C=O) groups excluding carboxylic acids is 1. The fourth-order valence-corrected chi connectivity index (χ4v) is 4.15. The second-order valence-electron chi connectivity index (χ2n) is 7.25. The van der Waals surface area contributed by atoms with Crippen molar-refractivity contribution in [3.63, 3.8) is 0 Å². The van der Waals surface area contributed by atoms with E-state index in [1.54, 1.807) is 11.1 Å². The number of pyridine rings is 1. The minimum absolute atomic E-state index is 0.0656. The van der Waals surface area contributed by atoms with Crippen molar-refractivity contribution in [2.75, 3.05) is 11.5 Å². The molecule has 0 N–H and O–H groups in total. The standard InChI is InChI=1S/C24H23N3O2S/c1-16-7-10-20(11-8-16)29-15-22(28)27(14-19-6-4-5-13-25-19)24-26-23-18(3)17(2)9-12-21(23)30-24/h4-13H,14-15H2,1-3H3. The van der Waals surface area contributed by atoms with E-state index in [1.165, 1.54) is 16.9 Å². The Bertz CT molecular complexity index is 1170. The number of ether oxygens (including phenoxy) is 1. The Balaban J connectivity index is 1.63. The number of fused-ring (bicyclic) bond motifs is 1. The first-order valence-corrected chi connectivity index (χ1v) is 10.6. The first-order valence-electron chi connectivity index (χ1n) is 9.78. The van der Waals surface area contributed by atoms with Gasteiger partial charge >= 0.3 is 0 Å². The number of rotatable bonds is 6. The van der Waals surface area contributed by atoms with Crippen LogP contribution in [0, 0.1) is 20.8 Å². The summed E-state index contributed by atoms with van der Waals surface area (Å²) < 4.78 is 6.81. The maximum Gasteiger partial charge on any atom is 0.267 e. The largest absolute Gasteiger partial charge is 0.484 e. The lowest BCUT2D eigenvalue weighted by molar-refractivity contribution is -0.120. The highest BCUT2D eigenvalue weighted by molar-refractivity contribution is 7.22. The molecule has 0 aliphatic heterocycles. The van der Waals surface area contributed by atoms with Gasteiger partial charge in [0.05, 0.1) is 22.5 Å². The molecule has 4 rings (SSSR count). The van der Waals surface area contributed by atoms with Gasteiger partial charge in [-0.25, -0.2) is 4.98 Å². The Hall–Kier alpha value is -3.25. The van der Waals surface area contributed by atoms with E-state index in [-0.39, 0.29) is 12.5 Å². The molecule has 0 spiro atoms. The molecule has 5 nitrogen and oxygen atoms in total. The zero-order valence-corrected chi connectivity index (χ0v) is 18.1. The number of hydrogen-bond donors (Lipinski definition) is 0. The lowest BCUT2D eigenvalue weighted by Crippen LogP contribution is -2.34. The summed E-state index contributed by atoms with van der Waals surface area (Å²) in [7, 11) is 0. The number of aryl methyl sites for hydroxylation is 3. The van der Waals surface area contributed by atoms with Crippen molar-refractivity contribution in [3.8, 4) is 5.75 Å². The van der Waals surface area contributed by atoms with Gasteiger partial charge in [0.15, 0.2) is 11.7 Å². The number of hydrogen-bond acceptors (Lipinski definition) is 5. The molecule has 0 unspecified atom stereocenters. The molecule has 6 heteroatoms. The minimum Gasteiger partial charge on any atom is -0.484 e. The maximum atomic E-state index is 13.2. The summed E-state index contributed by atoms with van der Waals surface area (Å²) in [5.74, 6) is 0.511. The van der Waals surface area contributed by atoms with Gasteiger partial charge in [-0.15, -0.1) is 0 Å². The van der Waals surface area contributed by atoms with E-state index >= 15 is 0 Å². The molecule has 1 amide bonds. The Morgan fingerprint density at radius 1 is 1.03 bits per heavy atom. The fraction of sp³-hybridized carbons (Fsp3) is 0.208. The van der Waals surface area contributed by atoms with E-state index in [0.717, 1.165) is 27.0 Å². The molecule has 152 valence electrons. The van der Waals surface area contributed by atoms with Crippen LogP contribution in [0.25, 0.3) is 10.2 Å². The van der Waals surface area contributed by atoms with E-state index in [2.05, 4.69) is 31.0 Å². The van der Waals surface area contributed by atoms with Crippen molar-refractivity contribution in [3.05, 3.63) is 83.2 Å². The SMILES string of the molecule is Cc1ccc(OCC(=O)N(Cc2ccccn2)c2nc3c(C)c(C)ccc3s2)cc1. The smallest absolute Gasteiger partial charge is 0.267 e. The molecule has 0 aliphatic carbocycles. The normalized spacial score (nSPS) is 10.9. The molecule has 0 radical (unpaired) electrons. The Morgan fingerprint density at radius 3 is 2.57 bits per heavy atom. The van der Waals surface area contributed by atoms with Crippen molar-refractivity contribution < 1.29 is 9.53 Å². The summed E-state index contributed by atoms with van der Waals surface area (Å²) in [4.78, 5) is 24.0. The third-order valence-corrected chi connectivity index (χ3v) is 6.08. The quantitative estimate of drug-likeness (QED) is 0.431. The molecule has 4 aromatic rings. The van der Waals surface area contributed by atoms with E-state index in [0.29, 0.717) is 17.4 Å². The third-order valence-electron chi connectivity index (χ3n) is 5.04. The van der Waals surface area contributed by atoms with Gasteiger partial charge in [-0.05, 0) is 62.2 Å². The topological polar surface area (TPSA) is 55.3 Å². The predicted molar refractivity (Wildman–Crippen MR) is 121 cm³/mol. The van der Waals surface area contributed by atoms with Gasteiger partial charge in [0, 0.05) is 6.20 Å². The van der Waals surface area contributed by atoms with Crippen LogP contribution in [-0.4, -0.2) is 22.5 Å². The van der Waals surface area contributed by atoms with Gasteiger partial charge in [-0.2, -0.15) is 0 Å². The van der Waals surface area contributed by atoms with Crippen LogP contribution < -0.4 is 9.64 Å². The van der Waals surface area contributed by atoms with Crippen molar-refractivity contribution in [2.24, 2.45) is 0 Å². The number of aromatic nitrogens is 2. The van der Waals surface area contributed by atoms with Crippen LogP contribution in [0.3, 0.4) is 0 Å². The van der Waals surface area contributed by atoms with Crippen LogP contribution in [0.5, 0.6) is 5.75 Å². The average Bonchev–Trinajstić information content (AvgIpc) is 3.19. The van der Waals surface area contributed by atoms with Crippen LogP contribution in [0.2, 0.25) is 0 Å². The van der Waals surface area contributed by atoms with Crippen LogP contribution in [0.15, 0.2) is 60.8 Å². The number of thiazole rings is 1. The highest BCUT2D eigenvalue weighted by Gasteiger charge is 2.22. The lowest BCUT2D eigenvalue weighted by atomic mass is 10.1. The molecule has 0 saturated heterocycles. The first kappa shape index (κ1) is 20.0. The fourth-order valence-electron chi connectivity index (χ4n) is 3.10. The Labute approximate surface area is 180 Å². The summed E-state index contributed by atoms with van der Waals surface area (Å²) >= 11 is 1.51. The van der Waals surface area contributed by atoms with Crippen molar-refractivity contribution in [2.45, 2.75) is 27.3 Å². The third kappa shape index (κ3) is 4.33. The second kappa shape index (κ2) is 8.63. The predicted octanol–water partition coefficient (Wildman–Crippen LogP) is 5.23. The first-order chi connectivity index (χ1) is 14.5. The van der Waals surface area contributed by atoms with E-state index in [4.69, 9.17) is 9.72 Å². The van der Waals surface area contributed by atoms with Gasteiger partial charge in [-0.1, -0.05) is 41.2 Å². The molecule has 0 bridgehead atoms. The van der Waals surface area contributed by atoms with Gasteiger partial charge in [0.25, 0.3) is 5.91 Å². The summed E-state index contributed by atoms with van der Waals surface area (Å²) in [5.41, 5.74) is 5.20. The average molecular weight is 418 g/mol. The van der Waals surface area contributed by atoms with Gasteiger partial charge in [-0.3, -0.25) is 14.7 Å². The molecule has 2 aromatic carbocycles. The maximum absolute atomic E-state index is 13.2. The highest BCUT2D eigenvalue weighted by Crippen LogP contribution is 2.32. The molecule has 0 fully saturated rings. The number of amides is 1. The number of benzene rings is 2. The number of nitrogens with zero attached hydrogens (tertiary/aromatic N) is 3. The van der Waals surface area contributed by atoms with Crippen LogP contribution in [-0.2, 0) is 11.3 Å². The van der Waals surface area contributed by atoms with Crippen molar-refractivity contribution >= 4 is 32.6 Å². The molecule has 0 atom stereocenters. The molecule has 2 heterocycles. The zero-order valence-electron chi connectivity index (χ0n) is 17.3. The highest BCUT2D eigenvalue weighted by atomic mass is 32.1. The molecule has 0 saturated carbocycles. The zero-order chi connectivity index (χ0) is 21.1. The number of anilines is 1. The Kier molecular flexibility index (Phi) is 5.77. The van der Waals surface area contributed by atoms with Crippen LogP contribution >= 0.6 is 11.3 Å². The summed E-state index contributed by atoms with van der Waals surface area (Å²) in [6.07, 6.45) is 1.73. The van der Waals surface area contributed by atoms with E-state index < -0.39 is 0 Å². The molecule has 2 aromatic heterocycles. The Morgan fingerprint density at radius 2 is 1.83 bits per heavy atom. The van der Waals surface area contributed by atoms with Crippen molar-refractivity contribution in [1.29, 1.82) is 0 Å². The van der Waals surface area contributed by atoms with Crippen LogP contribution in [0.4, 0.5) is 5.13 Å². The van der Waals surface area contributed by atoms with Gasteiger partial charge in [0.1, 0.15) is 5.75 Å². The summed E-state index contributed by atoms with van der Waals surface area (Å²) in [6, 6.07) is 17.5. The minimum atomic E-state index is -0.158. The monoisotopic (exact) mass is 417 g/mol. The van der Waals surface area contributed by atoms with Crippen LogP contribution in [0.1, 0.15) is 22.4 Å². The molecular weight excluding hydrogens is 394 g/mol. The lowest BCUT2D eigenvalue weighted by Gasteiger charge is -2.19. The molecular formula is C24H23N3O2S. The van der Waals surface area contributed by atoms with Crippen molar-refractivity contribution in [1.82, 2.24) is 9.97 Å². The summed E-state index contributed by atoms with van der Waals surface area (Å²) in [6.45, 7) is 6.42. The van der Waals surface area contributed by atoms with E-state index in [9.17, 15) is 4.79 Å². The van der Waals surface area contributed by atoms with Gasteiger partial charge < -0.3 is 4.74 Å². The number of carbonyl (C=O) groups is 1. The molecule has 0 aliphatic rings. The van der Waals surface area contributed by atoms with E-state index in [1.807, 2.05) is 49.4 Å². The second-order valence-corrected chi connectivity index (χ2v) is 8.26.